The second-order valence-corrected chi connectivity index (χ2v) is 4.60. The Hall–Kier alpha value is -1.98. The van der Waals surface area contributed by atoms with E-state index in [2.05, 4.69) is 6.07 Å². The predicted molar refractivity (Wildman–Crippen MR) is 76.2 cm³/mol. The topological polar surface area (TPSA) is 33.0 Å². The quantitative estimate of drug-likeness (QED) is 0.815. The fraction of sp³-hybridized carbons (Fsp3) is 0.188. The summed E-state index contributed by atoms with van der Waals surface area (Å²) in [6.07, 6.45) is 0.968. The van der Waals surface area contributed by atoms with Crippen molar-refractivity contribution in [2.45, 2.75) is 18.9 Å². The molecule has 0 heterocycles. The highest BCUT2D eigenvalue weighted by molar-refractivity contribution is 6.32. The molecule has 0 saturated heterocycles. The first-order chi connectivity index (χ1) is 9.29. The van der Waals surface area contributed by atoms with Crippen molar-refractivity contribution in [2.75, 3.05) is 0 Å². The van der Waals surface area contributed by atoms with Crippen LogP contribution in [-0.2, 0) is 6.42 Å². The molecule has 0 radical (unpaired) electrons. The Morgan fingerprint density at radius 3 is 2.42 bits per heavy atom. The lowest BCUT2D eigenvalue weighted by molar-refractivity contribution is 0.246. The largest absolute Gasteiger partial charge is 0.474 e. The van der Waals surface area contributed by atoms with Crippen LogP contribution in [-0.4, -0.2) is 6.10 Å². The molecule has 19 heavy (non-hydrogen) atoms. The monoisotopic (exact) mass is 271 g/mol. The van der Waals surface area contributed by atoms with Gasteiger partial charge < -0.3 is 4.74 Å². The van der Waals surface area contributed by atoms with E-state index in [4.69, 9.17) is 21.6 Å². The molecule has 2 aromatic rings. The molecule has 96 valence electrons. The van der Waals surface area contributed by atoms with Gasteiger partial charge >= 0.3 is 0 Å². The van der Waals surface area contributed by atoms with Gasteiger partial charge in [-0.05, 0) is 24.1 Å². The summed E-state index contributed by atoms with van der Waals surface area (Å²) in [6.45, 7) is 0. The van der Waals surface area contributed by atoms with E-state index in [0.717, 1.165) is 6.42 Å². The minimum atomic E-state index is -0.486. The van der Waals surface area contributed by atoms with Gasteiger partial charge in [-0.25, -0.2) is 0 Å². The first kappa shape index (κ1) is 13.5. The SMILES string of the molecule is N#CC(CCc1ccccc1)Oc1ccccc1Cl. The smallest absolute Gasteiger partial charge is 0.184 e. The number of nitriles is 1. The van der Waals surface area contributed by atoms with Gasteiger partial charge in [-0.2, -0.15) is 5.26 Å². The van der Waals surface area contributed by atoms with Crippen molar-refractivity contribution in [1.29, 1.82) is 5.26 Å². The molecule has 0 bridgehead atoms. The summed E-state index contributed by atoms with van der Waals surface area (Å²) in [6, 6.07) is 19.4. The average molecular weight is 272 g/mol. The van der Waals surface area contributed by atoms with Crippen molar-refractivity contribution in [3.8, 4) is 11.8 Å². The number of aryl methyl sites for hydroxylation is 1. The summed E-state index contributed by atoms with van der Waals surface area (Å²) >= 11 is 6.01. The van der Waals surface area contributed by atoms with Gasteiger partial charge in [0.15, 0.2) is 6.10 Å². The van der Waals surface area contributed by atoms with E-state index in [9.17, 15) is 0 Å². The number of benzene rings is 2. The van der Waals surface area contributed by atoms with Crippen LogP contribution in [0.5, 0.6) is 5.75 Å². The van der Waals surface area contributed by atoms with Crippen LogP contribution in [0.2, 0.25) is 5.02 Å². The minimum Gasteiger partial charge on any atom is -0.474 e. The molecule has 0 amide bonds. The van der Waals surface area contributed by atoms with Gasteiger partial charge in [0.05, 0.1) is 5.02 Å². The molecule has 0 saturated carbocycles. The molecule has 0 spiro atoms. The second-order valence-electron chi connectivity index (χ2n) is 4.19. The zero-order chi connectivity index (χ0) is 13.5. The highest BCUT2D eigenvalue weighted by Crippen LogP contribution is 2.25. The van der Waals surface area contributed by atoms with Crippen LogP contribution < -0.4 is 4.74 Å². The van der Waals surface area contributed by atoms with Crippen LogP contribution >= 0.6 is 11.6 Å². The van der Waals surface area contributed by atoms with E-state index in [-0.39, 0.29) is 0 Å². The lowest BCUT2D eigenvalue weighted by Gasteiger charge is -2.13. The lowest BCUT2D eigenvalue weighted by Crippen LogP contribution is -2.15. The minimum absolute atomic E-state index is 0.486. The van der Waals surface area contributed by atoms with Gasteiger partial charge in [0.2, 0.25) is 0 Å². The fourth-order valence-electron chi connectivity index (χ4n) is 1.79. The van der Waals surface area contributed by atoms with E-state index in [1.807, 2.05) is 42.5 Å². The standard InChI is InChI=1S/C16H14ClNO/c17-15-8-4-5-9-16(15)19-14(12-18)11-10-13-6-2-1-3-7-13/h1-9,14H,10-11H2. The van der Waals surface area contributed by atoms with Crippen LogP contribution in [0.15, 0.2) is 54.6 Å². The van der Waals surface area contributed by atoms with Gasteiger partial charge in [-0.15, -0.1) is 0 Å². The maximum absolute atomic E-state index is 9.14. The lowest BCUT2D eigenvalue weighted by atomic mass is 10.1. The Morgan fingerprint density at radius 1 is 1.05 bits per heavy atom. The van der Waals surface area contributed by atoms with Crippen LogP contribution in [0.4, 0.5) is 0 Å². The van der Waals surface area contributed by atoms with Gasteiger partial charge in [0.1, 0.15) is 11.8 Å². The number of ether oxygens (including phenoxy) is 1. The average Bonchev–Trinajstić information content (AvgIpc) is 2.46. The highest BCUT2D eigenvalue weighted by Gasteiger charge is 2.11. The number of hydrogen-bond donors (Lipinski definition) is 0. The molecular weight excluding hydrogens is 258 g/mol. The summed E-state index contributed by atoms with van der Waals surface area (Å²) < 4.78 is 5.62. The fourth-order valence-corrected chi connectivity index (χ4v) is 1.97. The van der Waals surface area contributed by atoms with E-state index in [0.29, 0.717) is 17.2 Å². The number of hydrogen-bond acceptors (Lipinski definition) is 2. The molecule has 0 aliphatic rings. The summed E-state index contributed by atoms with van der Waals surface area (Å²) in [7, 11) is 0. The van der Waals surface area contributed by atoms with Crippen LogP contribution in [0.1, 0.15) is 12.0 Å². The maximum atomic E-state index is 9.14. The molecule has 0 N–H and O–H groups in total. The molecule has 0 aromatic heterocycles. The molecule has 0 aliphatic carbocycles. The first-order valence-corrected chi connectivity index (χ1v) is 6.52. The number of para-hydroxylation sites is 1. The zero-order valence-corrected chi connectivity index (χ0v) is 11.2. The Bertz CT molecular complexity index is 562. The number of halogens is 1. The Labute approximate surface area is 118 Å². The Morgan fingerprint density at radius 2 is 1.74 bits per heavy atom. The third-order valence-electron chi connectivity index (χ3n) is 2.79. The van der Waals surface area contributed by atoms with Crippen molar-refractivity contribution in [3.63, 3.8) is 0 Å². The van der Waals surface area contributed by atoms with Crippen molar-refractivity contribution >= 4 is 11.6 Å². The summed E-state index contributed by atoms with van der Waals surface area (Å²) in [4.78, 5) is 0. The molecule has 3 heteroatoms. The van der Waals surface area contributed by atoms with E-state index in [1.165, 1.54) is 5.56 Å². The zero-order valence-electron chi connectivity index (χ0n) is 10.4. The molecular formula is C16H14ClNO. The first-order valence-electron chi connectivity index (χ1n) is 6.14. The third kappa shape index (κ3) is 4.01. The molecule has 2 aromatic carbocycles. The Balaban J connectivity index is 1.95. The van der Waals surface area contributed by atoms with Crippen molar-refractivity contribution in [3.05, 3.63) is 65.2 Å². The van der Waals surface area contributed by atoms with Crippen molar-refractivity contribution < 1.29 is 4.74 Å². The van der Waals surface area contributed by atoms with Gasteiger partial charge in [0, 0.05) is 6.42 Å². The van der Waals surface area contributed by atoms with Gasteiger partial charge in [-0.3, -0.25) is 0 Å². The van der Waals surface area contributed by atoms with Crippen molar-refractivity contribution in [2.24, 2.45) is 0 Å². The van der Waals surface area contributed by atoms with Gasteiger partial charge in [-0.1, -0.05) is 54.1 Å². The van der Waals surface area contributed by atoms with E-state index >= 15 is 0 Å². The molecule has 0 fully saturated rings. The van der Waals surface area contributed by atoms with Crippen LogP contribution in [0, 0.1) is 11.3 Å². The van der Waals surface area contributed by atoms with E-state index < -0.39 is 6.10 Å². The maximum Gasteiger partial charge on any atom is 0.184 e. The number of nitrogens with zero attached hydrogens (tertiary/aromatic N) is 1. The molecule has 2 nitrogen and oxygen atoms in total. The van der Waals surface area contributed by atoms with Gasteiger partial charge in [0.25, 0.3) is 0 Å². The van der Waals surface area contributed by atoms with E-state index in [1.54, 1.807) is 12.1 Å². The molecule has 1 unspecified atom stereocenters. The third-order valence-corrected chi connectivity index (χ3v) is 3.10. The normalized spacial score (nSPS) is 11.6. The summed E-state index contributed by atoms with van der Waals surface area (Å²) in [5.41, 5.74) is 1.20. The van der Waals surface area contributed by atoms with Crippen molar-refractivity contribution in [1.82, 2.24) is 0 Å². The van der Waals surface area contributed by atoms with Crippen LogP contribution in [0.25, 0.3) is 0 Å². The highest BCUT2D eigenvalue weighted by atomic mass is 35.5. The Kier molecular flexibility index (Phi) is 4.83. The molecule has 0 aliphatic heterocycles. The summed E-state index contributed by atoms with van der Waals surface area (Å²) in [5.74, 6) is 0.559. The molecule has 2 rings (SSSR count). The van der Waals surface area contributed by atoms with Crippen LogP contribution in [0.3, 0.4) is 0 Å². The second kappa shape index (κ2) is 6.82. The predicted octanol–water partition coefficient (Wildman–Crippen LogP) is 4.24. The molecule has 1 atom stereocenters. The summed E-state index contributed by atoms with van der Waals surface area (Å²) in [5, 5.41) is 9.67. The number of rotatable bonds is 5.